The lowest BCUT2D eigenvalue weighted by molar-refractivity contribution is -0.120. The second-order valence-corrected chi connectivity index (χ2v) is 5.41. The summed E-state index contributed by atoms with van der Waals surface area (Å²) in [7, 11) is 0. The molecule has 106 valence electrons. The molecule has 5 heteroatoms. The fourth-order valence-corrected chi connectivity index (χ4v) is 2.52. The summed E-state index contributed by atoms with van der Waals surface area (Å²) in [5.41, 5.74) is 1.38. The van der Waals surface area contributed by atoms with E-state index in [-0.39, 0.29) is 17.0 Å². The Balaban J connectivity index is 2.81. The fraction of sp³-hybridized carbons (Fsp3) is 0.571. The van der Waals surface area contributed by atoms with Crippen LogP contribution in [0.15, 0.2) is 6.07 Å². The number of aromatic nitrogens is 1. The summed E-state index contributed by atoms with van der Waals surface area (Å²) in [5.74, 6) is 0.0242. The number of unbranched alkanes of at least 4 members (excludes halogenated alkanes) is 1. The summed E-state index contributed by atoms with van der Waals surface area (Å²) < 4.78 is 0. The van der Waals surface area contributed by atoms with Gasteiger partial charge in [-0.1, -0.05) is 49.9 Å². The summed E-state index contributed by atoms with van der Waals surface area (Å²) in [4.78, 5) is 16.2. The lowest BCUT2D eigenvalue weighted by Gasteiger charge is -2.16. The molecule has 0 aliphatic rings. The third-order valence-corrected chi connectivity index (χ3v) is 3.63. The number of aryl methyl sites for hydroxylation is 1. The summed E-state index contributed by atoms with van der Waals surface area (Å²) in [6.07, 6.45) is 3.86. The molecule has 0 aliphatic carbocycles. The van der Waals surface area contributed by atoms with Gasteiger partial charge in [0.25, 0.3) is 0 Å². The fourth-order valence-electron chi connectivity index (χ4n) is 1.94. The highest BCUT2D eigenvalue weighted by Crippen LogP contribution is 2.27. The van der Waals surface area contributed by atoms with Gasteiger partial charge in [0, 0.05) is 5.92 Å². The predicted octanol–water partition coefficient (Wildman–Crippen LogP) is 4.85. The minimum Gasteiger partial charge on any atom is -0.323 e. The van der Waals surface area contributed by atoms with E-state index in [4.69, 9.17) is 23.2 Å². The van der Waals surface area contributed by atoms with E-state index in [1.807, 2.05) is 13.8 Å². The molecule has 1 amide bonds. The second kappa shape index (κ2) is 7.71. The van der Waals surface area contributed by atoms with Crippen LogP contribution in [-0.4, -0.2) is 10.9 Å². The van der Waals surface area contributed by atoms with Gasteiger partial charge in [-0.25, -0.2) is 4.98 Å². The number of rotatable bonds is 6. The van der Waals surface area contributed by atoms with Crippen LogP contribution in [0.4, 0.5) is 5.69 Å². The molecule has 0 spiro atoms. The molecule has 0 aromatic carbocycles. The first kappa shape index (κ1) is 16.3. The van der Waals surface area contributed by atoms with E-state index in [9.17, 15) is 4.79 Å². The van der Waals surface area contributed by atoms with Gasteiger partial charge in [0.1, 0.15) is 5.15 Å². The molecular weight excluding hydrogens is 283 g/mol. The van der Waals surface area contributed by atoms with Crippen molar-refractivity contribution in [3.05, 3.63) is 21.9 Å². The summed E-state index contributed by atoms with van der Waals surface area (Å²) in [5, 5.41) is 3.45. The third-order valence-electron chi connectivity index (χ3n) is 3.16. The van der Waals surface area contributed by atoms with Crippen molar-refractivity contribution in [2.24, 2.45) is 5.92 Å². The Kier molecular flexibility index (Phi) is 6.59. The molecule has 1 rings (SSSR count). The number of hydrogen-bond acceptors (Lipinski definition) is 2. The average Bonchev–Trinajstić information content (AvgIpc) is 2.34. The van der Waals surface area contributed by atoms with E-state index >= 15 is 0 Å². The maximum absolute atomic E-state index is 12.2. The van der Waals surface area contributed by atoms with Gasteiger partial charge in [-0.3, -0.25) is 4.79 Å². The molecule has 1 atom stereocenters. The van der Waals surface area contributed by atoms with Crippen LogP contribution in [0.3, 0.4) is 0 Å². The minimum atomic E-state index is 0.00470. The third kappa shape index (κ3) is 4.66. The highest BCUT2D eigenvalue weighted by Gasteiger charge is 2.18. The van der Waals surface area contributed by atoms with Gasteiger partial charge in [-0.2, -0.15) is 0 Å². The highest BCUT2D eigenvalue weighted by molar-refractivity contribution is 6.34. The lowest BCUT2D eigenvalue weighted by Crippen LogP contribution is -2.23. The maximum Gasteiger partial charge on any atom is 0.227 e. The Morgan fingerprint density at radius 1 is 1.42 bits per heavy atom. The Labute approximate surface area is 124 Å². The largest absolute Gasteiger partial charge is 0.323 e. The van der Waals surface area contributed by atoms with Crippen LogP contribution in [0.5, 0.6) is 0 Å². The summed E-state index contributed by atoms with van der Waals surface area (Å²) in [6.45, 7) is 5.99. The van der Waals surface area contributed by atoms with Crippen LogP contribution in [-0.2, 0) is 4.79 Å². The van der Waals surface area contributed by atoms with E-state index < -0.39 is 0 Å². The predicted molar refractivity (Wildman–Crippen MR) is 80.9 cm³/mol. The zero-order chi connectivity index (χ0) is 14.4. The van der Waals surface area contributed by atoms with Crippen LogP contribution in [0, 0.1) is 12.8 Å². The van der Waals surface area contributed by atoms with Crippen molar-refractivity contribution >= 4 is 34.8 Å². The number of carbonyl (C=O) groups excluding carboxylic acids is 1. The van der Waals surface area contributed by atoms with E-state index in [0.717, 1.165) is 31.2 Å². The topological polar surface area (TPSA) is 42.0 Å². The number of amides is 1. The normalized spacial score (nSPS) is 12.3. The molecule has 0 saturated carbocycles. The first-order chi connectivity index (χ1) is 8.99. The molecule has 1 unspecified atom stereocenters. The van der Waals surface area contributed by atoms with E-state index in [1.165, 1.54) is 0 Å². The van der Waals surface area contributed by atoms with Crippen molar-refractivity contribution in [3.63, 3.8) is 0 Å². The molecule has 19 heavy (non-hydrogen) atoms. The minimum absolute atomic E-state index is 0.00470. The molecule has 0 aliphatic heterocycles. The smallest absolute Gasteiger partial charge is 0.227 e. The van der Waals surface area contributed by atoms with Crippen LogP contribution < -0.4 is 5.32 Å². The molecule has 0 bridgehead atoms. The van der Waals surface area contributed by atoms with Gasteiger partial charge in [0.05, 0.1) is 5.69 Å². The second-order valence-electron chi connectivity index (χ2n) is 4.66. The van der Waals surface area contributed by atoms with Crippen molar-refractivity contribution in [2.45, 2.75) is 46.5 Å². The quantitative estimate of drug-likeness (QED) is 0.763. The number of hydrogen-bond donors (Lipinski definition) is 1. The Morgan fingerprint density at radius 3 is 2.63 bits per heavy atom. The van der Waals surface area contributed by atoms with Crippen molar-refractivity contribution in [3.8, 4) is 0 Å². The Hall–Kier alpha value is -0.800. The standard InChI is InChI=1S/C14H20Cl2N2O/c1-4-6-7-10(5-2)14(19)18-12-9(3)8-11(15)17-13(12)16/h8,10H,4-7H2,1-3H3,(H,18,19). The van der Waals surface area contributed by atoms with Gasteiger partial charge in [-0.15, -0.1) is 0 Å². The van der Waals surface area contributed by atoms with Crippen LogP contribution >= 0.6 is 23.2 Å². The van der Waals surface area contributed by atoms with Crippen molar-refractivity contribution in [1.29, 1.82) is 0 Å². The number of pyridine rings is 1. The van der Waals surface area contributed by atoms with Crippen LogP contribution in [0.1, 0.15) is 45.1 Å². The van der Waals surface area contributed by atoms with E-state index in [2.05, 4.69) is 17.2 Å². The molecule has 1 aromatic rings. The van der Waals surface area contributed by atoms with E-state index in [0.29, 0.717) is 10.8 Å². The average molecular weight is 303 g/mol. The maximum atomic E-state index is 12.2. The van der Waals surface area contributed by atoms with E-state index in [1.54, 1.807) is 6.07 Å². The number of anilines is 1. The lowest BCUT2D eigenvalue weighted by atomic mass is 9.98. The van der Waals surface area contributed by atoms with Crippen molar-refractivity contribution in [2.75, 3.05) is 5.32 Å². The molecule has 0 saturated heterocycles. The zero-order valence-electron chi connectivity index (χ0n) is 11.6. The van der Waals surface area contributed by atoms with Gasteiger partial charge in [-0.05, 0) is 31.4 Å². The number of carbonyl (C=O) groups is 1. The monoisotopic (exact) mass is 302 g/mol. The van der Waals surface area contributed by atoms with Crippen LogP contribution in [0.25, 0.3) is 0 Å². The van der Waals surface area contributed by atoms with Gasteiger partial charge in [0.2, 0.25) is 5.91 Å². The Bertz CT molecular complexity index is 426. The highest BCUT2D eigenvalue weighted by atomic mass is 35.5. The SMILES string of the molecule is CCCCC(CC)C(=O)Nc1c(C)cc(Cl)nc1Cl. The molecular formula is C14H20Cl2N2O. The molecule has 1 aromatic heterocycles. The van der Waals surface area contributed by atoms with Crippen molar-refractivity contribution in [1.82, 2.24) is 4.98 Å². The molecule has 1 N–H and O–H groups in total. The zero-order valence-corrected chi connectivity index (χ0v) is 13.1. The first-order valence-corrected chi connectivity index (χ1v) is 7.38. The Morgan fingerprint density at radius 2 is 2.11 bits per heavy atom. The molecule has 0 radical (unpaired) electrons. The first-order valence-electron chi connectivity index (χ1n) is 6.63. The van der Waals surface area contributed by atoms with Gasteiger partial charge in [0.15, 0.2) is 5.15 Å². The van der Waals surface area contributed by atoms with Gasteiger partial charge < -0.3 is 5.32 Å². The van der Waals surface area contributed by atoms with Crippen molar-refractivity contribution < 1.29 is 4.79 Å². The number of nitrogens with one attached hydrogen (secondary N) is 1. The van der Waals surface area contributed by atoms with Crippen LogP contribution in [0.2, 0.25) is 10.3 Å². The molecule has 0 fully saturated rings. The number of halogens is 2. The molecule has 3 nitrogen and oxygen atoms in total. The van der Waals surface area contributed by atoms with Gasteiger partial charge >= 0.3 is 0 Å². The summed E-state index contributed by atoms with van der Waals surface area (Å²) in [6, 6.07) is 1.69. The number of nitrogens with zero attached hydrogens (tertiary/aromatic N) is 1. The molecule has 1 heterocycles. The summed E-state index contributed by atoms with van der Waals surface area (Å²) >= 11 is 11.8.